The van der Waals surface area contributed by atoms with Gasteiger partial charge in [0, 0.05) is 17.2 Å². The molecule has 2 bridgehead atoms. The SMILES string of the molecule is CC[C@@]12CC[C@@](CCOc3ccc(C#N)cc3)(O1)[C@H]1C(=O)N(c3ccc(C#N)c4ccccc34)C(=O)[C@H]12. The minimum atomic E-state index is -0.767. The summed E-state index contributed by atoms with van der Waals surface area (Å²) in [6.07, 6.45) is 2.55. The summed E-state index contributed by atoms with van der Waals surface area (Å²) in [4.78, 5) is 29.3. The highest BCUT2D eigenvalue weighted by Crippen LogP contribution is 2.63. The summed E-state index contributed by atoms with van der Waals surface area (Å²) in [6, 6.07) is 22.0. The Kier molecular flexibility index (Phi) is 5.29. The number of anilines is 1. The molecule has 0 spiro atoms. The Labute approximate surface area is 214 Å². The van der Waals surface area contributed by atoms with E-state index in [0.717, 1.165) is 11.8 Å². The lowest BCUT2D eigenvalue weighted by molar-refractivity contribution is -0.132. The van der Waals surface area contributed by atoms with Crippen LogP contribution in [0.2, 0.25) is 0 Å². The van der Waals surface area contributed by atoms with Crippen LogP contribution < -0.4 is 9.64 Å². The number of imide groups is 1. The molecular weight excluding hydrogens is 466 g/mol. The van der Waals surface area contributed by atoms with Gasteiger partial charge in [-0.15, -0.1) is 0 Å². The van der Waals surface area contributed by atoms with Crippen LogP contribution in [-0.4, -0.2) is 29.6 Å². The number of hydrogen-bond acceptors (Lipinski definition) is 6. The Morgan fingerprint density at radius 2 is 1.59 bits per heavy atom. The van der Waals surface area contributed by atoms with E-state index in [1.807, 2.05) is 31.2 Å². The van der Waals surface area contributed by atoms with Crippen molar-refractivity contribution in [1.29, 1.82) is 10.5 Å². The second kappa shape index (κ2) is 8.44. The van der Waals surface area contributed by atoms with Gasteiger partial charge in [0.1, 0.15) is 5.75 Å². The molecule has 0 radical (unpaired) electrons. The molecule has 3 aliphatic rings. The summed E-state index contributed by atoms with van der Waals surface area (Å²) in [5, 5.41) is 20.0. The van der Waals surface area contributed by atoms with E-state index in [0.29, 0.717) is 53.8 Å². The van der Waals surface area contributed by atoms with Crippen LogP contribution in [-0.2, 0) is 14.3 Å². The molecule has 0 saturated carbocycles. The maximum atomic E-state index is 14.0. The zero-order valence-corrected chi connectivity index (χ0v) is 20.4. The smallest absolute Gasteiger partial charge is 0.240 e. The largest absolute Gasteiger partial charge is 0.493 e. The van der Waals surface area contributed by atoms with Crippen molar-refractivity contribution in [2.24, 2.45) is 11.8 Å². The second-order valence-electron chi connectivity index (χ2n) is 10.1. The lowest BCUT2D eigenvalue weighted by Crippen LogP contribution is -2.43. The number of carbonyl (C=O) groups excluding carboxylic acids is 2. The highest BCUT2D eigenvalue weighted by molar-refractivity contribution is 6.26. The first kappa shape index (κ1) is 23.2. The summed E-state index contributed by atoms with van der Waals surface area (Å²) < 4.78 is 12.6. The Morgan fingerprint density at radius 3 is 2.27 bits per heavy atom. The van der Waals surface area contributed by atoms with Gasteiger partial charge in [-0.2, -0.15) is 10.5 Å². The average Bonchev–Trinajstić information content (AvgIpc) is 3.55. The number of amides is 2. The van der Waals surface area contributed by atoms with Gasteiger partial charge in [-0.1, -0.05) is 31.2 Å². The lowest BCUT2D eigenvalue weighted by atomic mass is 9.66. The quantitative estimate of drug-likeness (QED) is 0.456. The number of rotatable bonds is 6. The Bertz CT molecular complexity index is 1520. The molecule has 3 aromatic rings. The molecule has 6 rings (SSSR count). The van der Waals surface area contributed by atoms with Crippen molar-refractivity contribution in [3.63, 3.8) is 0 Å². The molecule has 37 heavy (non-hydrogen) atoms. The van der Waals surface area contributed by atoms with Crippen LogP contribution in [0, 0.1) is 34.5 Å². The van der Waals surface area contributed by atoms with Crippen LogP contribution in [0.4, 0.5) is 5.69 Å². The van der Waals surface area contributed by atoms with Gasteiger partial charge in [0.15, 0.2) is 0 Å². The molecule has 3 heterocycles. The van der Waals surface area contributed by atoms with E-state index in [9.17, 15) is 14.9 Å². The molecule has 3 aromatic carbocycles. The van der Waals surface area contributed by atoms with Crippen molar-refractivity contribution in [3.05, 3.63) is 71.8 Å². The van der Waals surface area contributed by atoms with E-state index in [1.54, 1.807) is 36.4 Å². The van der Waals surface area contributed by atoms with E-state index in [4.69, 9.17) is 14.7 Å². The Balaban J connectivity index is 1.33. The fraction of sp³-hybridized carbons (Fsp3) is 0.333. The van der Waals surface area contributed by atoms with E-state index in [1.165, 1.54) is 4.90 Å². The van der Waals surface area contributed by atoms with Gasteiger partial charge < -0.3 is 9.47 Å². The molecule has 4 atom stereocenters. The summed E-state index contributed by atoms with van der Waals surface area (Å²) in [5.41, 5.74) is 0.152. The van der Waals surface area contributed by atoms with Crippen LogP contribution in [0.25, 0.3) is 10.8 Å². The maximum absolute atomic E-state index is 14.0. The van der Waals surface area contributed by atoms with E-state index in [-0.39, 0.29) is 11.8 Å². The van der Waals surface area contributed by atoms with Gasteiger partial charge in [-0.25, -0.2) is 4.90 Å². The topological polar surface area (TPSA) is 103 Å². The normalized spacial score (nSPS) is 27.8. The van der Waals surface area contributed by atoms with E-state index in [2.05, 4.69) is 12.1 Å². The Morgan fingerprint density at radius 1 is 0.919 bits per heavy atom. The van der Waals surface area contributed by atoms with Gasteiger partial charge in [-0.05, 0) is 55.7 Å². The maximum Gasteiger partial charge on any atom is 0.240 e. The van der Waals surface area contributed by atoms with E-state index >= 15 is 0 Å². The van der Waals surface area contributed by atoms with Crippen LogP contribution in [0.15, 0.2) is 60.7 Å². The minimum Gasteiger partial charge on any atom is -0.493 e. The molecule has 0 aliphatic carbocycles. The highest BCUT2D eigenvalue weighted by Gasteiger charge is 2.74. The van der Waals surface area contributed by atoms with Crippen LogP contribution in [0.3, 0.4) is 0 Å². The highest BCUT2D eigenvalue weighted by atomic mass is 16.5. The molecule has 3 saturated heterocycles. The molecule has 3 fully saturated rings. The third-order valence-electron chi connectivity index (χ3n) is 8.46. The molecule has 0 aromatic heterocycles. The first-order valence-electron chi connectivity index (χ1n) is 12.6. The number of benzene rings is 3. The zero-order chi connectivity index (χ0) is 25.8. The van der Waals surface area contributed by atoms with Gasteiger partial charge in [0.25, 0.3) is 0 Å². The summed E-state index contributed by atoms with van der Waals surface area (Å²) in [7, 11) is 0. The van der Waals surface area contributed by atoms with Crippen molar-refractivity contribution in [2.75, 3.05) is 11.5 Å². The van der Waals surface area contributed by atoms with Crippen molar-refractivity contribution in [1.82, 2.24) is 0 Å². The fourth-order valence-corrected chi connectivity index (χ4v) is 6.68. The van der Waals surface area contributed by atoms with Crippen molar-refractivity contribution >= 4 is 28.3 Å². The number of carbonyl (C=O) groups is 2. The summed E-state index contributed by atoms with van der Waals surface area (Å²) in [5.74, 6) is -0.931. The molecule has 7 nitrogen and oxygen atoms in total. The number of hydrogen-bond donors (Lipinski definition) is 0. The molecule has 7 heteroatoms. The lowest BCUT2D eigenvalue weighted by Gasteiger charge is -2.31. The van der Waals surface area contributed by atoms with Crippen LogP contribution in [0.5, 0.6) is 5.75 Å². The second-order valence-corrected chi connectivity index (χ2v) is 10.1. The molecule has 0 N–H and O–H groups in total. The van der Waals surface area contributed by atoms with Gasteiger partial charge in [-0.3, -0.25) is 9.59 Å². The monoisotopic (exact) mass is 491 g/mol. The molecule has 0 unspecified atom stereocenters. The van der Waals surface area contributed by atoms with Crippen LogP contribution >= 0.6 is 0 Å². The Hall–Kier alpha value is -4.20. The van der Waals surface area contributed by atoms with Gasteiger partial charge in [0.05, 0.1) is 58.6 Å². The zero-order valence-electron chi connectivity index (χ0n) is 20.4. The first-order valence-corrected chi connectivity index (χ1v) is 12.6. The summed E-state index contributed by atoms with van der Waals surface area (Å²) >= 11 is 0. The fourth-order valence-electron chi connectivity index (χ4n) is 6.68. The average molecular weight is 492 g/mol. The number of nitrogens with zero attached hydrogens (tertiary/aromatic N) is 3. The predicted molar refractivity (Wildman–Crippen MR) is 135 cm³/mol. The summed E-state index contributed by atoms with van der Waals surface area (Å²) in [6.45, 7) is 2.35. The molecule has 3 aliphatic heterocycles. The minimum absolute atomic E-state index is 0.221. The molecule has 2 amide bonds. The third-order valence-corrected chi connectivity index (χ3v) is 8.46. The number of fused-ring (bicyclic) bond motifs is 6. The van der Waals surface area contributed by atoms with Crippen molar-refractivity contribution in [3.8, 4) is 17.9 Å². The number of ether oxygens (including phenoxy) is 2. The third kappa shape index (κ3) is 3.28. The standard InChI is InChI=1S/C30H25N3O4/c1-2-29-13-14-30(37-29,15-16-36-21-10-7-19(17-31)8-11-21)26-25(29)27(34)33(28(26)35)24-12-9-20(18-32)22-5-3-4-6-23(22)24/h3-12,25-26H,2,13-16H2,1H3/t25-,26+,29-,30-/m0/s1. The molecule has 184 valence electrons. The number of nitriles is 2. The predicted octanol–water partition coefficient (Wildman–Crippen LogP) is 4.87. The van der Waals surface area contributed by atoms with Crippen LogP contribution in [0.1, 0.15) is 43.7 Å². The van der Waals surface area contributed by atoms with Gasteiger partial charge in [0.2, 0.25) is 11.8 Å². The van der Waals surface area contributed by atoms with Crippen molar-refractivity contribution < 1.29 is 19.1 Å². The van der Waals surface area contributed by atoms with Crippen molar-refractivity contribution in [2.45, 2.75) is 43.8 Å². The molecular formula is C30H25N3O4. The van der Waals surface area contributed by atoms with E-state index < -0.39 is 23.0 Å². The van der Waals surface area contributed by atoms with Gasteiger partial charge >= 0.3 is 0 Å². The first-order chi connectivity index (χ1) is 18.0.